The molecule has 1 heterocycles. The van der Waals surface area contributed by atoms with E-state index in [0.717, 1.165) is 0 Å². The van der Waals surface area contributed by atoms with E-state index in [-0.39, 0.29) is 5.92 Å². The van der Waals surface area contributed by atoms with Crippen LogP contribution in [0.15, 0.2) is 24.5 Å². The van der Waals surface area contributed by atoms with Crippen LogP contribution in [0.1, 0.15) is 51.9 Å². The van der Waals surface area contributed by atoms with E-state index in [1.807, 2.05) is 34.6 Å². The number of rotatable bonds is 8. The quantitative estimate of drug-likeness (QED) is 0.574. The van der Waals surface area contributed by atoms with Gasteiger partial charge >= 0.3 is 0 Å². The summed E-state index contributed by atoms with van der Waals surface area (Å²) < 4.78 is 0. The maximum atomic E-state index is 12.8. The smallest absolute Gasteiger partial charge is 0.252 e. The predicted octanol–water partition coefficient (Wildman–Crippen LogP) is 1.07. The molecule has 0 spiro atoms. The van der Waals surface area contributed by atoms with Gasteiger partial charge in [-0.25, -0.2) is 0 Å². The number of carbonyl (C=O) groups is 4. The third kappa shape index (κ3) is 6.75. The van der Waals surface area contributed by atoms with Crippen molar-refractivity contribution in [3.63, 3.8) is 0 Å². The Balaban J connectivity index is 2.83. The lowest BCUT2D eigenvalue weighted by molar-refractivity contribution is -0.131. The van der Waals surface area contributed by atoms with Crippen LogP contribution in [0, 0.1) is 11.3 Å². The Labute approximate surface area is 165 Å². The van der Waals surface area contributed by atoms with Crippen LogP contribution in [0.2, 0.25) is 0 Å². The van der Waals surface area contributed by atoms with Gasteiger partial charge in [-0.3, -0.25) is 19.4 Å². The van der Waals surface area contributed by atoms with E-state index < -0.39 is 41.3 Å². The standard InChI is InChI=1S/C20H30N4O4/c1-12(2)15(11-25)23-17(26)13(3)22-19(28)16(20(4,5)6)24-18(27)14-7-9-21-10-8-14/h7-13,15-16H,1-6H3,(H,22,28)(H,23,26)(H,24,27)/t13-,15-,16+/m0/s1. The summed E-state index contributed by atoms with van der Waals surface area (Å²) in [6.07, 6.45) is 3.65. The van der Waals surface area contributed by atoms with Gasteiger partial charge in [0, 0.05) is 18.0 Å². The van der Waals surface area contributed by atoms with Crippen LogP contribution in [0.3, 0.4) is 0 Å². The van der Waals surface area contributed by atoms with E-state index in [9.17, 15) is 19.2 Å². The highest BCUT2D eigenvalue weighted by Gasteiger charge is 2.34. The van der Waals surface area contributed by atoms with Crippen molar-refractivity contribution in [2.45, 2.75) is 59.7 Å². The molecule has 0 saturated carbocycles. The van der Waals surface area contributed by atoms with E-state index in [4.69, 9.17) is 0 Å². The van der Waals surface area contributed by atoms with E-state index in [1.165, 1.54) is 19.3 Å². The van der Waals surface area contributed by atoms with Gasteiger partial charge in [-0.1, -0.05) is 34.6 Å². The molecule has 3 N–H and O–H groups in total. The second kappa shape index (κ2) is 9.96. The van der Waals surface area contributed by atoms with Gasteiger partial charge in [0.25, 0.3) is 5.91 Å². The van der Waals surface area contributed by atoms with Crippen LogP contribution in [0.5, 0.6) is 0 Å². The third-order valence-electron chi connectivity index (χ3n) is 4.27. The summed E-state index contributed by atoms with van der Waals surface area (Å²) in [5.41, 5.74) is -0.208. The van der Waals surface area contributed by atoms with Crippen molar-refractivity contribution in [3.05, 3.63) is 30.1 Å². The van der Waals surface area contributed by atoms with Crippen molar-refractivity contribution in [1.82, 2.24) is 20.9 Å². The molecule has 3 amide bonds. The van der Waals surface area contributed by atoms with Crippen LogP contribution < -0.4 is 16.0 Å². The first-order chi connectivity index (χ1) is 13.0. The molecule has 0 aliphatic heterocycles. The summed E-state index contributed by atoms with van der Waals surface area (Å²) in [7, 11) is 0. The summed E-state index contributed by atoms with van der Waals surface area (Å²) in [5.74, 6) is -1.42. The van der Waals surface area contributed by atoms with Gasteiger partial charge < -0.3 is 20.7 Å². The fraction of sp³-hybridized carbons (Fsp3) is 0.550. The lowest BCUT2D eigenvalue weighted by Gasteiger charge is -2.31. The Bertz CT molecular complexity index is 698. The first-order valence-corrected chi connectivity index (χ1v) is 9.24. The Kier molecular flexibility index (Phi) is 8.28. The molecule has 1 aromatic rings. The number of aromatic nitrogens is 1. The first-order valence-electron chi connectivity index (χ1n) is 9.24. The fourth-order valence-electron chi connectivity index (χ4n) is 2.40. The van der Waals surface area contributed by atoms with Gasteiger partial charge in [0.1, 0.15) is 18.4 Å². The molecule has 0 aliphatic carbocycles. The molecule has 0 aliphatic rings. The number of hydrogen-bond donors (Lipinski definition) is 3. The number of aldehydes is 1. The Morgan fingerprint density at radius 1 is 0.964 bits per heavy atom. The Morgan fingerprint density at radius 2 is 1.54 bits per heavy atom. The van der Waals surface area contributed by atoms with Crippen LogP contribution in [0.4, 0.5) is 0 Å². The minimum absolute atomic E-state index is 0.0636. The molecular formula is C20H30N4O4. The maximum Gasteiger partial charge on any atom is 0.252 e. The number of amides is 3. The van der Waals surface area contributed by atoms with E-state index in [2.05, 4.69) is 20.9 Å². The van der Waals surface area contributed by atoms with Gasteiger partial charge in [-0.15, -0.1) is 0 Å². The molecule has 3 atom stereocenters. The second-order valence-corrected chi connectivity index (χ2v) is 8.15. The number of nitrogens with one attached hydrogen (secondary N) is 3. The van der Waals surface area contributed by atoms with Crippen molar-refractivity contribution in [3.8, 4) is 0 Å². The molecule has 0 aromatic carbocycles. The zero-order valence-electron chi connectivity index (χ0n) is 17.3. The molecule has 0 fully saturated rings. The number of pyridine rings is 1. The number of hydrogen-bond acceptors (Lipinski definition) is 5. The SMILES string of the molecule is CC(C)[C@H](C=O)NC(=O)[C@H](C)NC(=O)[C@@H](NC(=O)c1ccncc1)C(C)(C)C. The largest absolute Gasteiger partial charge is 0.345 e. The molecule has 0 bridgehead atoms. The van der Waals surface area contributed by atoms with E-state index in [0.29, 0.717) is 11.8 Å². The van der Waals surface area contributed by atoms with Crippen molar-refractivity contribution in [2.75, 3.05) is 0 Å². The van der Waals surface area contributed by atoms with Gasteiger partial charge in [0.15, 0.2) is 0 Å². The van der Waals surface area contributed by atoms with Gasteiger partial charge in [0.05, 0.1) is 6.04 Å². The highest BCUT2D eigenvalue weighted by atomic mass is 16.2. The van der Waals surface area contributed by atoms with Crippen LogP contribution in [-0.2, 0) is 14.4 Å². The summed E-state index contributed by atoms with van der Waals surface area (Å²) in [6, 6.07) is 0.742. The molecule has 1 aromatic heterocycles. The zero-order chi connectivity index (χ0) is 21.5. The predicted molar refractivity (Wildman–Crippen MR) is 105 cm³/mol. The average Bonchev–Trinajstić information content (AvgIpc) is 2.62. The van der Waals surface area contributed by atoms with Crippen molar-refractivity contribution >= 4 is 24.0 Å². The number of carbonyl (C=O) groups excluding carboxylic acids is 4. The van der Waals surface area contributed by atoms with Crippen LogP contribution in [0.25, 0.3) is 0 Å². The summed E-state index contributed by atoms with van der Waals surface area (Å²) in [5, 5.41) is 7.94. The van der Waals surface area contributed by atoms with Gasteiger partial charge in [-0.2, -0.15) is 0 Å². The van der Waals surface area contributed by atoms with Gasteiger partial charge in [0.2, 0.25) is 11.8 Å². The van der Waals surface area contributed by atoms with E-state index in [1.54, 1.807) is 12.1 Å². The van der Waals surface area contributed by atoms with Crippen molar-refractivity contribution in [2.24, 2.45) is 11.3 Å². The third-order valence-corrected chi connectivity index (χ3v) is 4.27. The molecule has 154 valence electrons. The van der Waals surface area contributed by atoms with Gasteiger partial charge in [-0.05, 0) is 30.4 Å². The summed E-state index contributed by atoms with van der Waals surface area (Å²) in [6.45, 7) is 10.6. The zero-order valence-corrected chi connectivity index (χ0v) is 17.3. The van der Waals surface area contributed by atoms with E-state index >= 15 is 0 Å². The molecule has 28 heavy (non-hydrogen) atoms. The second-order valence-electron chi connectivity index (χ2n) is 8.15. The lowest BCUT2D eigenvalue weighted by atomic mass is 9.85. The number of nitrogens with zero attached hydrogens (tertiary/aromatic N) is 1. The first kappa shape index (κ1) is 23.3. The monoisotopic (exact) mass is 390 g/mol. The topological polar surface area (TPSA) is 117 Å². The molecular weight excluding hydrogens is 360 g/mol. The molecule has 0 unspecified atom stereocenters. The lowest BCUT2D eigenvalue weighted by Crippen LogP contribution is -2.58. The minimum Gasteiger partial charge on any atom is -0.345 e. The average molecular weight is 390 g/mol. The minimum atomic E-state index is -0.865. The highest BCUT2D eigenvalue weighted by Crippen LogP contribution is 2.20. The maximum absolute atomic E-state index is 12.8. The molecule has 8 heteroatoms. The van der Waals surface area contributed by atoms with Crippen molar-refractivity contribution in [1.29, 1.82) is 0 Å². The Hall–Kier alpha value is -2.77. The van der Waals surface area contributed by atoms with Crippen LogP contribution in [-0.4, -0.2) is 47.1 Å². The highest BCUT2D eigenvalue weighted by molar-refractivity contribution is 5.98. The molecule has 1 rings (SSSR count). The molecule has 0 radical (unpaired) electrons. The summed E-state index contributed by atoms with van der Waals surface area (Å²) >= 11 is 0. The summed E-state index contributed by atoms with van der Waals surface area (Å²) in [4.78, 5) is 52.4. The fourth-order valence-corrected chi connectivity index (χ4v) is 2.40. The molecule has 0 saturated heterocycles. The molecule has 8 nitrogen and oxygen atoms in total. The Morgan fingerprint density at radius 3 is 2.00 bits per heavy atom. The van der Waals surface area contributed by atoms with Crippen LogP contribution >= 0.6 is 0 Å². The normalized spacial score (nSPS) is 14.5. The van der Waals surface area contributed by atoms with Crippen molar-refractivity contribution < 1.29 is 19.2 Å².